The van der Waals surface area contributed by atoms with Crippen molar-refractivity contribution in [3.8, 4) is 5.75 Å². The number of H-pyrrole nitrogens is 1. The van der Waals surface area contributed by atoms with Gasteiger partial charge < -0.3 is 14.7 Å². The van der Waals surface area contributed by atoms with Crippen LogP contribution in [0.1, 0.15) is 0 Å². The van der Waals surface area contributed by atoms with Gasteiger partial charge in [-0.15, -0.1) is 0 Å². The quantitative estimate of drug-likeness (QED) is 0.636. The normalized spacial score (nSPS) is 10.5. The number of halogens is 1. The van der Waals surface area contributed by atoms with Crippen molar-refractivity contribution >= 4 is 29.8 Å². The van der Waals surface area contributed by atoms with Crippen LogP contribution >= 0.6 is 11.6 Å². The highest BCUT2D eigenvalue weighted by atomic mass is 35.5. The van der Waals surface area contributed by atoms with Crippen molar-refractivity contribution in [1.29, 1.82) is 0 Å². The van der Waals surface area contributed by atoms with Gasteiger partial charge in [0.2, 0.25) is 0 Å². The molecule has 0 aliphatic carbocycles. The second-order valence-electron chi connectivity index (χ2n) is 2.68. The van der Waals surface area contributed by atoms with Gasteiger partial charge in [0.05, 0.1) is 16.7 Å². The molecule has 14 heavy (non-hydrogen) atoms. The maximum atomic E-state index is 8.58. The highest BCUT2D eigenvalue weighted by Crippen LogP contribution is 2.27. The molecule has 2 rings (SSSR count). The van der Waals surface area contributed by atoms with Gasteiger partial charge in [0, 0.05) is 11.5 Å². The van der Waals surface area contributed by atoms with Crippen LogP contribution in [0, 0.1) is 0 Å². The van der Waals surface area contributed by atoms with E-state index in [1.165, 1.54) is 6.07 Å². The van der Waals surface area contributed by atoms with E-state index in [1.807, 2.05) is 0 Å². The van der Waals surface area contributed by atoms with Crippen LogP contribution in [0.4, 0.5) is 0 Å². The van der Waals surface area contributed by atoms with E-state index in [-0.39, 0.29) is 5.75 Å². The molecule has 5 nitrogen and oxygen atoms in total. The summed E-state index contributed by atoms with van der Waals surface area (Å²) in [6.45, 7) is 0. The summed E-state index contributed by atoms with van der Waals surface area (Å²) >= 11 is 5.88. The van der Waals surface area contributed by atoms with Gasteiger partial charge in [-0.3, -0.25) is 5.10 Å². The van der Waals surface area contributed by atoms with Crippen LogP contribution in [0.5, 0.6) is 5.75 Å². The minimum Gasteiger partial charge on any atom is -0.512 e. The largest absolute Gasteiger partial charge is 0.707 e. The lowest BCUT2D eigenvalue weighted by molar-refractivity contribution is 0.288. The molecule has 0 atom stereocenters. The Kier molecular flexibility index (Phi) is 2.32. The van der Waals surface area contributed by atoms with Crippen LogP contribution in [0.25, 0.3) is 10.9 Å². The lowest BCUT2D eigenvalue weighted by Gasteiger charge is -2.04. The summed E-state index contributed by atoms with van der Waals surface area (Å²) in [5.74, 6) is 0.266. The summed E-state index contributed by atoms with van der Waals surface area (Å²) in [6.07, 6.45) is 1.58. The minimum atomic E-state index is -1.86. The van der Waals surface area contributed by atoms with Crippen LogP contribution in [0.2, 0.25) is 5.02 Å². The van der Waals surface area contributed by atoms with Crippen LogP contribution in [-0.4, -0.2) is 27.6 Å². The van der Waals surface area contributed by atoms with Crippen LogP contribution in [0.15, 0.2) is 18.3 Å². The van der Waals surface area contributed by atoms with Crippen molar-refractivity contribution < 1.29 is 14.7 Å². The van der Waals surface area contributed by atoms with Crippen molar-refractivity contribution in [1.82, 2.24) is 10.2 Å². The summed E-state index contributed by atoms with van der Waals surface area (Å²) in [6, 6.07) is 3.06. The van der Waals surface area contributed by atoms with Gasteiger partial charge in [-0.25, -0.2) is 0 Å². The molecule has 2 aromatic rings. The van der Waals surface area contributed by atoms with Crippen molar-refractivity contribution in [2.45, 2.75) is 0 Å². The second-order valence-corrected chi connectivity index (χ2v) is 3.09. The molecule has 3 N–H and O–H groups in total. The first-order valence-corrected chi connectivity index (χ1v) is 4.20. The van der Waals surface area contributed by atoms with Crippen molar-refractivity contribution in [3.63, 3.8) is 0 Å². The molecule has 72 valence electrons. The van der Waals surface area contributed by atoms with Crippen LogP contribution in [0.3, 0.4) is 0 Å². The first kappa shape index (κ1) is 9.33. The number of hydrogen-bond donors (Lipinski definition) is 3. The topological polar surface area (TPSA) is 78.4 Å². The van der Waals surface area contributed by atoms with E-state index in [4.69, 9.17) is 21.6 Å². The fourth-order valence-electron chi connectivity index (χ4n) is 1.17. The lowest BCUT2D eigenvalue weighted by Crippen LogP contribution is -2.20. The van der Waals surface area contributed by atoms with Crippen molar-refractivity contribution in [2.24, 2.45) is 0 Å². The van der Waals surface area contributed by atoms with E-state index < -0.39 is 7.32 Å². The Morgan fingerprint density at radius 2 is 2.21 bits per heavy atom. The van der Waals surface area contributed by atoms with Crippen LogP contribution < -0.4 is 4.65 Å². The Morgan fingerprint density at radius 1 is 1.43 bits per heavy atom. The van der Waals surface area contributed by atoms with E-state index in [9.17, 15) is 0 Å². The van der Waals surface area contributed by atoms with Gasteiger partial charge in [0.1, 0.15) is 5.75 Å². The number of benzene rings is 1. The monoisotopic (exact) mass is 212 g/mol. The zero-order valence-corrected chi connectivity index (χ0v) is 7.69. The fourth-order valence-corrected chi connectivity index (χ4v) is 1.43. The molecule has 0 saturated carbocycles. The molecule has 0 amide bonds. The molecule has 7 heteroatoms. The number of aromatic nitrogens is 2. The summed E-state index contributed by atoms with van der Waals surface area (Å²) in [5, 5.41) is 24.8. The summed E-state index contributed by atoms with van der Waals surface area (Å²) in [5.41, 5.74) is 0.674. The van der Waals surface area contributed by atoms with E-state index in [1.54, 1.807) is 12.3 Å². The van der Waals surface area contributed by atoms with E-state index in [0.29, 0.717) is 10.5 Å². The minimum absolute atomic E-state index is 0.266. The van der Waals surface area contributed by atoms with E-state index in [0.717, 1.165) is 5.39 Å². The number of aromatic amines is 1. The Bertz CT molecular complexity index is 459. The van der Waals surface area contributed by atoms with Crippen LogP contribution in [-0.2, 0) is 0 Å². The average Bonchev–Trinajstić information content (AvgIpc) is 2.50. The zero-order valence-electron chi connectivity index (χ0n) is 6.94. The maximum Gasteiger partial charge on any atom is 0.707 e. The third-order valence-electron chi connectivity index (χ3n) is 1.72. The third kappa shape index (κ3) is 1.67. The molecule has 1 aromatic carbocycles. The molecule has 0 aliphatic heterocycles. The Labute approximate surface area is 84.4 Å². The van der Waals surface area contributed by atoms with Gasteiger partial charge in [-0.1, -0.05) is 11.6 Å². The number of hydrogen-bond acceptors (Lipinski definition) is 4. The predicted molar refractivity (Wildman–Crippen MR) is 51.9 cm³/mol. The Balaban J connectivity index is 2.47. The van der Waals surface area contributed by atoms with Crippen molar-refractivity contribution in [3.05, 3.63) is 23.4 Å². The van der Waals surface area contributed by atoms with Gasteiger partial charge in [-0.05, 0) is 6.07 Å². The standard InChI is InChI=1S/C7H6BClN2O3/c9-6-1-4(14-8(12)13)2-7-5(6)3-10-11-7/h1-3,12-13H,(H,10,11). The maximum absolute atomic E-state index is 8.58. The Morgan fingerprint density at radius 3 is 2.93 bits per heavy atom. The highest BCUT2D eigenvalue weighted by molar-refractivity contribution is 6.36. The molecule has 0 bridgehead atoms. The molecular weight excluding hydrogens is 206 g/mol. The summed E-state index contributed by atoms with van der Waals surface area (Å²) in [7, 11) is -1.86. The molecule has 0 fully saturated rings. The highest BCUT2D eigenvalue weighted by Gasteiger charge is 2.13. The smallest absolute Gasteiger partial charge is 0.512 e. The summed E-state index contributed by atoms with van der Waals surface area (Å²) in [4.78, 5) is 0. The molecule has 1 heterocycles. The first-order valence-electron chi connectivity index (χ1n) is 3.82. The van der Waals surface area contributed by atoms with E-state index >= 15 is 0 Å². The fraction of sp³-hybridized carbons (Fsp3) is 0. The number of rotatable bonds is 2. The average molecular weight is 212 g/mol. The van der Waals surface area contributed by atoms with E-state index in [2.05, 4.69) is 14.9 Å². The zero-order chi connectivity index (χ0) is 10.1. The van der Waals surface area contributed by atoms with Gasteiger partial charge in [0.25, 0.3) is 0 Å². The molecule has 0 radical (unpaired) electrons. The number of fused-ring (bicyclic) bond motifs is 1. The Hall–Kier alpha value is -1.24. The summed E-state index contributed by atoms with van der Waals surface area (Å²) < 4.78 is 4.65. The second kappa shape index (κ2) is 3.49. The molecule has 0 spiro atoms. The lowest BCUT2D eigenvalue weighted by atomic mass is 10.2. The molecule has 0 aliphatic rings. The third-order valence-corrected chi connectivity index (χ3v) is 2.04. The van der Waals surface area contributed by atoms with Crippen molar-refractivity contribution in [2.75, 3.05) is 0 Å². The van der Waals surface area contributed by atoms with Gasteiger partial charge >= 0.3 is 7.32 Å². The predicted octanol–water partition coefficient (Wildman–Crippen LogP) is 0.565. The first-order chi connectivity index (χ1) is 6.66. The molecule has 0 saturated heterocycles. The molecular formula is C7H6BClN2O3. The van der Waals surface area contributed by atoms with Gasteiger partial charge in [-0.2, -0.15) is 5.10 Å². The van der Waals surface area contributed by atoms with Gasteiger partial charge in [0.15, 0.2) is 0 Å². The number of nitrogens with one attached hydrogen (secondary N) is 1. The molecule has 1 aromatic heterocycles. The SMILES string of the molecule is OB(O)Oc1cc(Cl)c2cn[nH]c2c1. The number of nitrogens with zero attached hydrogens (tertiary/aromatic N) is 1. The molecule has 0 unspecified atom stereocenters.